The molecule has 5 N–H and O–H groups in total. The molecule has 1 heterocycles. The van der Waals surface area contributed by atoms with Crippen molar-refractivity contribution in [1.82, 2.24) is 0 Å². The average molecular weight is 486 g/mol. The molecule has 6 nitrogen and oxygen atoms in total. The van der Waals surface area contributed by atoms with Crippen molar-refractivity contribution in [2.75, 3.05) is 0 Å². The van der Waals surface area contributed by atoms with Crippen LogP contribution in [0.3, 0.4) is 0 Å². The molecular formula is C22H29F2N3O3S2. The number of halogens is 2. The summed E-state index contributed by atoms with van der Waals surface area (Å²) in [4.78, 5) is 11.6. The Balaban J connectivity index is 0.000000343. The maximum absolute atomic E-state index is 14.3. The predicted octanol–water partition coefficient (Wildman–Crippen LogP) is 4.07. The molecule has 1 aromatic heterocycles. The summed E-state index contributed by atoms with van der Waals surface area (Å²) in [5.74, 6) is -1.66. The third-order valence-electron chi connectivity index (χ3n) is 4.56. The molecule has 0 bridgehead atoms. The maximum Gasteiger partial charge on any atom is 0.221 e. The second-order valence-electron chi connectivity index (χ2n) is 8.39. The third-order valence-corrected chi connectivity index (χ3v) is 7.08. The molecule has 0 aliphatic carbocycles. The van der Waals surface area contributed by atoms with Gasteiger partial charge in [0.2, 0.25) is 5.91 Å². The third kappa shape index (κ3) is 6.90. The van der Waals surface area contributed by atoms with Gasteiger partial charge in [-0.25, -0.2) is 18.1 Å². The first-order valence-electron chi connectivity index (χ1n) is 9.83. The molecule has 10 heteroatoms. The molecule has 2 aromatic rings. The second-order valence-corrected chi connectivity index (χ2v) is 10.7. The molecule has 0 aliphatic heterocycles. The van der Waals surface area contributed by atoms with E-state index < -0.39 is 34.1 Å². The smallest absolute Gasteiger partial charge is 0.221 e. The lowest BCUT2D eigenvalue weighted by atomic mass is 9.85. The van der Waals surface area contributed by atoms with Crippen LogP contribution in [0, 0.1) is 23.0 Å². The average Bonchev–Trinajstić information content (AvgIpc) is 3.04. The van der Waals surface area contributed by atoms with E-state index in [2.05, 4.69) is 0 Å². The highest BCUT2D eigenvalue weighted by atomic mass is 32.2. The Hall–Kier alpha value is -2.19. The normalized spacial score (nSPS) is 12.3. The molecule has 0 fully saturated rings. The Labute approximate surface area is 193 Å². The van der Waals surface area contributed by atoms with Gasteiger partial charge in [0.1, 0.15) is 27.1 Å². The van der Waals surface area contributed by atoms with Gasteiger partial charge in [-0.3, -0.25) is 4.79 Å². The first-order valence-corrected chi connectivity index (χ1v) is 11.9. The minimum absolute atomic E-state index is 0.00363. The highest BCUT2D eigenvalue weighted by Gasteiger charge is 2.24. The Bertz CT molecular complexity index is 1050. The quantitative estimate of drug-likeness (QED) is 0.569. The second kappa shape index (κ2) is 11.1. The fourth-order valence-electron chi connectivity index (χ4n) is 3.10. The van der Waals surface area contributed by atoms with Gasteiger partial charge in [-0.05, 0) is 54.5 Å². The van der Waals surface area contributed by atoms with E-state index in [9.17, 15) is 22.9 Å². The van der Waals surface area contributed by atoms with Crippen LogP contribution in [0.25, 0.3) is 0 Å². The molecule has 176 valence electrons. The van der Waals surface area contributed by atoms with Crippen LogP contribution >= 0.6 is 11.3 Å². The van der Waals surface area contributed by atoms with E-state index >= 15 is 0 Å². The predicted molar refractivity (Wildman–Crippen MR) is 122 cm³/mol. The minimum Gasteiger partial charge on any atom is -0.385 e. The number of hydrogen-bond donors (Lipinski definition) is 3. The first kappa shape index (κ1) is 27.8. The minimum atomic E-state index is -1.82. The fourth-order valence-corrected chi connectivity index (χ4v) is 4.72. The number of nitriles is 1. The van der Waals surface area contributed by atoms with E-state index in [1.54, 1.807) is 0 Å². The zero-order valence-corrected chi connectivity index (χ0v) is 20.6. The molecule has 0 saturated heterocycles. The number of carbonyl (C=O) groups excluding carboxylic acids is 1. The van der Waals surface area contributed by atoms with Crippen LogP contribution in [-0.2, 0) is 27.8 Å². The van der Waals surface area contributed by atoms with Crippen molar-refractivity contribution in [2.24, 2.45) is 10.9 Å². The van der Waals surface area contributed by atoms with Crippen molar-refractivity contribution in [2.45, 2.75) is 69.6 Å². The summed E-state index contributed by atoms with van der Waals surface area (Å²) in [6, 6.07) is 4.56. The highest BCUT2D eigenvalue weighted by molar-refractivity contribution is 7.85. The monoisotopic (exact) mass is 485 g/mol. The largest absolute Gasteiger partial charge is 0.385 e. The van der Waals surface area contributed by atoms with Crippen LogP contribution < -0.4 is 10.9 Å². The molecule has 0 radical (unpaired) electrons. The summed E-state index contributed by atoms with van der Waals surface area (Å²) in [7, 11) is -1.82. The summed E-state index contributed by atoms with van der Waals surface area (Å²) >= 11 is 0.924. The van der Waals surface area contributed by atoms with Crippen molar-refractivity contribution >= 4 is 28.2 Å². The summed E-state index contributed by atoms with van der Waals surface area (Å²) in [5.41, 5.74) is 6.05. The Morgan fingerprint density at radius 1 is 1.25 bits per heavy atom. The summed E-state index contributed by atoms with van der Waals surface area (Å²) in [6.07, 6.45) is 0.00363. The van der Waals surface area contributed by atoms with Crippen LogP contribution in [0.1, 0.15) is 80.5 Å². The molecule has 1 atom stereocenters. The van der Waals surface area contributed by atoms with Crippen LogP contribution in [0.5, 0.6) is 0 Å². The topological polar surface area (TPSA) is 130 Å². The van der Waals surface area contributed by atoms with Gasteiger partial charge in [0.15, 0.2) is 5.82 Å². The van der Waals surface area contributed by atoms with E-state index in [0.29, 0.717) is 16.0 Å². The number of rotatable bonds is 6. The Morgan fingerprint density at radius 3 is 2.12 bits per heavy atom. The van der Waals surface area contributed by atoms with Gasteiger partial charge in [0, 0.05) is 4.88 Å². The lowest BCUT2D eigenvalue weighted by Crippen LogP contribution is -2.18. The molecule has 2 rings (SSSR count). The summed E-state index contributed by atoms with van der Waals surface area (Å²) in [5, 5.41) is 23.6. The summed E-state index contributed by atoms with van der Waals surface area (Å²) < 4.78 is 38.1. The molecule has 0 spiro atoms. The molecule has 1 aromatic carbocycles. The van der Waals surface area contributed by atoms with Crippen LogP contribution in [0.4, 0.5) is 8.78 Å². The SMILES string of the molecule is CC(C)(O)c1cc(F)c(S(N)=O)s1.CC(C)c1cc(C#N)c(F)c(C(C)C)c1CC(N)=O. The Kier molecular flexibility index (Phi) is 9.66. The number of thiophene rings is 1. The van der Waals surface area contributed by atoms with Gasteiger partial charge in [-0.15, -0.1) is 11.3 Å². The first-order chi connectivity index (χ1) is 14.6. The van der Waals surface area contributed by atoms with E-state index in [1.807, 2.05) is 33.8 Å². The van der Waals surface area contributed by atoms with E-state index in [-0.39, 0.29) is 28.0 Å². The van der Waals surface area contributed by atoms with Gasteiger partial charge in [-0.1, -0.05) is 27.7 Å². The van der Waals surface area contributed by atoms with Gasteiger partial charge in [-0.2, -0.15) is 5.26 Å². The maximum atomic E-state index is 14.3. The number of nitrogens with zero attached hydrogens (tertiary/aromatic N) is 1. The van der Waals surface area contributed by atoms with Crippen LogP contribution in [0.15, 0.2) is 16.3 Å². The van der Waals surface area contributed by atoms with E-state index in [4.69, 9.17) is 16.1 Å². The van der Waals surface area contributed by atoms with Gasteiger partial charge < -0.3 is 10.8 Å². The van der Waals surface area contributed by atoms with Crippen molar-refractivity contribution in [1.29, 1.82) is 5.26 Å². The highest BCUT2D eigenvalue weighted by Crippen LogP contribution is 2.33. The van der Waals surface area contributed by atoms with Crippen molar-refractivity contribution in [3.05, 3.63) is 50.9 Å². The number of benzene rings is 1. The molecule has 0 aliphatic rings. The van der Waals surface area contributed by atoms with Crippen molar-refractivity contribution in [3.63, 3.8) is 0 Å². The van der Waals surface area contributed by atoms with Crippen LogP contribution in [0.2, 0.25) is 0 Å². The standard InChI is InChI=1S/C15H19FN2O.C7H10FNO2S2/c1-8(2)11-5-10(7-17)15(16)14(9(3)4)12(11)6-13(18)19;1-7(2,10)5-3-4(8)6(12-5)13(9)11/h5,8-9H,6H2,1-4H3,(H2,18,19);3,10H,9H2,1-2H3. The number of primary amides is 1. The zero-order valence-electron chi connectivity index (χ0n) is 19.0. The number of amides is 1. The number of hydrogen-bond acceptors (Lipinski definition) is 5. The fraction of sp³-hybridized carbons (Fsp3) is 0.455. The van der Waals surface area contributed by atoms with Gasteiger partial charge >= 0.3 is 0 Å². The van der Waals surface area contributed by atoms with E-state index in [1.165, 1.54) is 19.9 Å². The van der Waals surface area contributed by atoms with Gasteiger partial charge in [0.25, 0.3) is 0 Å². The lowest BCUT2D eigenvalue weighted by Gasteiger charge is -2.20. The molecule has 0 saturated carbocycles. The number of nitrogens with two attached hydrogens (primary N) is 2. The van der Waals surface area contributed by atoms with Crippen molar-refractivity contribution < 1.29 is 22.9 Å². The summed E-state index contributed by atoms with van der Waals surface area (Å²) in [6.45, 7) is 10.6. The molecule has 1 amide bonds. The zero-order chi connectivity index (χ0) is 25.0. The number of aliphatic hydroxyl groups is 1. The van der Waals surface area contributed by atoms with E-state index in [0.717, 1.165) is 23.0 Å². The molecule has 32 heavy (non-hydrogen) atoms. The van der Waals surface area contributed by atoms with Crippen LogP contribution in [-0.4, -0.2) is 15.2 Å². The van der Waals surface area contributed by atoms with Crippen molar-refractivity contribution in [3.8, 4) is 6.07 Å². The number of carbonyl (C=O) groups is 1. The Morgan fingerprint density at radius 2 is 1.81 bits per heavy atom. The lowest BCUT2D eigenvalue weighted by molar-refractivity contribution is -0.117. The van der Waals surface area contributed by atoms with Gasteiger partial charge in [0.05, 0.1) is 17.6 Å². The molecule has 1 unspecified atom stereocenters. The molecular weight excluding hydrogens is 456 g/mol.